The maximum atomic E-state index is 11.7. The molecule has 1 aromatic rings. The number of carbonyl (C=O) groups is 1. The van der Waals surface area contributed by atoms with Gasteiger partial charge in [0.1, 0.15) is 0 Å². The van der Waals surface area contributed by atoms with Crippen molar-refractivity contribution in [2.45, 2.75) is 33.1 Å². The molecule has 1 aliphatic carbocycles. The Morgan fingerprint density at radius 2 is 2.00 bits per heavy atom. The Balaban J connectivity index is 1.92. The van der Waals surface area contributed by atoms with Gasteiger partial charge in [0.2, 0.25) is 5.91 Å². The molecule has 0 saturated carbocycles. The van der Waals surface area contributed by atoms with Gasteiger partial charge in [-0.15, -0.1) is 0 Å². The molecule has 3 rings (SSSR count). The number of likely N-dealkylation sites (N-methyl/N-ethyl adjacent to an activating group) is 1. The van der Waals surface area contributed by atoms with E-state index in [9.17, 15) is 4.79 Å². The van der Waals surface area contributed by atoms with Crippen LogP contribution in [0.25, 0.3) is 0 Å². The molecule has 3 nitrogen and oxygen atoms in total. The van der Waals surface area contributed by atoms with Crippen LogP contribution in [0.15, 0.2) is 47.3 Å². The van der Waals surface area contributed by atoms with E-state index in [2.05, 4.69) is 42.3 Å². The first-order chi connectivity index (χ1) is 10.1. The van der Waals surface area contributed by atoms with Crippen LogP contribution in [-0.2, 0) is 11.2 Å². The zero-order valence-electron chi connectivity index (χ0n) is 13.0. The van der Waals surface area contributed by atoms with E-state index >= 15 is 0 Å². The molecule has 2 aliphatic rings. The van der Waals surface area contributed by atoms with E-state index in [1.165, 1.54) is 22.4 Å². The first-order valence-corrected chi connectivity index (χ1v) is 7.57. The lowest BCUT2D eigenvalue weighted by Crippen LogP contribution is -2.24. The van der Waals surface area contributed by atoms with Crippen LogP contribution in [0.3, 0.4) is 0 Å². The van der Waals surface area contributed by atoms with E-state index in [0.717, 1.165) is 31.5 Å². The molecule has 3 heteroatoms. The lowest BCUT2D eigenvalue weighted by atomic mass is 10.1. The number of rotatable bonds is 2. The van der Waals surface area contributed by atoms with Crippen molar-refractivity contribution in [1.82, 2.24) is 4.90 Å². The highest BCUT2D eigenvalue weighted by Crippen LogP contribution is 2.35. The number of amides is 1. The van der Waals surface area contributed by atoms with Gasteiger partial charge in [0.05, 0.1) is 0 Å². The van der Waals surface area contributed by atoms with Gasteiger partial charge in [0.15, 0.2) is 0 Å². The molecule has 1 aromatic carbocycles. The Bertz CT molecular complexity index is 642. The molecular formula is C18H22N2O. The van der Waals surface area contributed by atoms with Crippen LogP contribution >= 0.6 is 0 Å². The Hall–Kier alpha value is -2.03. The number of fused-ring (bicyclic) bond motifs is 1. The van der Waals surface area contributed by atoms with Crippen LogP contribution in [0.2, 0.25) is 0 Å². The number of benzene rings is 1. The van der Waals surface area contributed by atoms with E-state index in [-0.39, 0.29) is 5.91 Å². The molecule has 0 spiro atoms. The van der Waals surface area contributed by atoms with Crippen molar-refractivity contribution >= 4 is 11.6 Å². The summed E-state index contributed by atoms with van der Waals surface area (Å²) in [6.45, 7) is 4.79. The van der Waals surface area contributed by atoms with Crippen molar-refractivity contribution < 1.29 is 4.79 Å². The summed E-state index contributed by atoms with van der Waals surface area (Å²) in [6.07, 6.45) is 5.42. The molecule has 0 aromatic heterocycles. The summed E-state index contributed by atoms with van der Waals surface area (Å²) in [5, 5.41) is 0. The number of anilines is 1. The number of allylic oxidation sites excluding steroid dienone is 2. The predicted octanol–water partition coefficient (Wildman–Crippen LogP) is 3.48. The Kier molecular flexibility index (Phi) is 3.58. The zero-order chi connectivity index (χ0) is 15.0. The maximum absolute atomic E-state index is 11.7. The smallest absolute Gasteiger partial charge is 0.223 e. The van der Waals surface area contributed by atoms with Gasteiger partial charge >= 0.3 is 0 Å². The summed E-state index contributed by atoms with van der Waals surface area (Å²) in [6, 6.07) is 8.57. The number of carbonyl (C=O) groups excluding carboxylic acids is 1. The standard InChI is InChI=1S/C18H22N2O/c1-13-8-9-16(18(13)19(3)14(2)21)12-20-11-10-15-6-4-5-7-17(15)20/h4-7,12H,8-11H2,1-3H3/b16-12+. The number of hydrogen-bond donors (Lipinski definition) is 0. The summed E-state index contributed by atoms with van der Waals surface area (Å²) in [7, 11) is 1.87. The highest BCUT2D eigenvalue weighted by Gasteiger charge is 2.24. The first-order valence-electron chi connectivity index (χ1n) is 7.57. The first kappa shape index (κ1) is 13.9. The SMILES string of the molecule is CC(=O)N(C)C1=C(C)CC/C1=C\N1CCc2ccccc21. The van der Waals surface area contributed by atoms with Crippen molar-refractivity contribution in [2.75, 3.05) is 18.5 Å². The van der Waals surface area contributed by atoms with Crippen LogP contribution in [-0.4, -0.2) is 24.4 Å². The molecule has 0 fully saturated rings. The molecule has 0 bridgehead atoms. The monoisotopic (exact) mass is 282 g/mol. The van der Waals surface area contributed by atoms with Crippen LogP contribution in [0.4, 0.5) is 5.69 Å². The molecule has 1 heterocycles. The molecule has 1 amide bonds. The van der Waals surface area contributed by atoms with E-state index < -0.39 is 0 Å². The van der Waals surface area contributed by atoms with E-state index in [1.807, 2.05) is 7.05 Å². The third kappa shape index (κ3) is 2.48. The number of hydrogen-bond acceptors (Lipinski definition) is 2. The Labute approximate surface area is 126 Å². The van der Waals surface area contributed by atoms with Crippen molar-refractivity contribution in [1.29, 1.82) is 0 Å². The van der Waals surface area contributed by atoms with E-state index in [1.54, 1.807) is 11.8 Å². The topological polar surface area (TPSA) is 23.6 Å². The number of nitrogens with zero attached hydrogens (tertiary/aromatic N) is 2. The van der Waals surface area contributed by atoms with Crippen LogP contribution < -0.4 is 4.90 Å². The normalized spacial score (nSPS) is 19.4. The van der Waals surface area contributed by atoms with Gasteiger partial charge in [-0.05, 0) is 49.0 Å². The third-order valence-electron chi connectivity index (χ3n) is 4.52. The predicted molar refractivity (Wildman–Crippen MR) is 86.0 cm³/mol. The summed E-state index contributed by atoms with van der Waals surface area (Å²) in [5.41, 5.74) is 6.43. The molecule has 0 unspecified atom stereocenters. The average Bonchev–Trinajstić information content (AvgIpc) is 3.03. The van der Waals surface area contributed by atoms with Gasteiger partial charge in [-0.1, -0.05) is 18.2 Å². The molecule has 0 radical (unpaired) electrons. The fraction of sp³-hybridized carbons (Fsp3) is 0.389. The average molecular weight is 282 g/mol. The molecule has 1 aliphatic heterocycles. The van der Waals surface area contributed by atoms with Crippen molar-refractivity contribution in [3.63, 3.8) is 0 Å². The molecule has 0 saturated heterocycles. The van der Waals surface area contributed by atoms with Crippen LogP contribution in [0.1, 0.15) is 32.3 Å². The summed E-state index contributed by atoms with van der Waals surface area (Å²) >= 11 is 0. The second kappa shape index (κ2) is 5.40. The quantitative estimate of drug-likeness (QED) is 0.829. The van der Waals surface area contributed by atoms with Gasteiger partial charge in [0, 0.05) is 38.1 Å². The molecule has 110 valence electrons. The van der Waals surface area contributed by atoms with Gasteiger partial charge in [-0.3, -0.25) is 4.79 Å². The van der Waals surface area contributed by atoms with Gasteiger partial charge < -0.3 is 9.80 Å². The van der Waals surface area contributed by atoms with Crippen molar-refractivity contribution in [2.24, 2.45) is 0 Å². The maximum Gasteiger partial charge on any atom is 0.223 e. The second-order valence-corrected chi connectivity index (χ2v) is 5.93. The highest BCUT2D eigenvalue weighted by molar-refractivity contribution is 5.76. The second-order valence-electron chi connectivity index (χ2n) is 5.93. The summed E-state index contributed by atoms with van der Waals surface area (Å²) < 4.78 is 0. The van der Waals surface area contributed by atoms with Gasteiger partial charge in [-0.25, -0.2) is 0 Å². The van der Waals surface area contributed by atoms with Crippen LogP contribution in [0, 0.1) is 0 Å². The van der Waals surface area contributed by atoms with E-state index in [0.29, 0.717) is 0 Å². The molecule has 21 heavy (non-hydrogen) atoms. The van der Waals surface area contributed by atoms with Crippen LogP contribution in [0.5, 0.6) is 0 Å². The van der Waals surface area contributed by atoms with Gasteiger partial charge in [-0.2, -0.15) is 0 Å². The molecular weight excluding hydrogens is 260 g/mol. The minimum Gasteiger partial charge on any atom is -0.347 e. The molecule has 0 N–H and O–H groups in total. The third-order valence-corrected chi connectivity index (χ3v) is 4.52. The largest absolute Gasteiger partial charge is 0.347 e. The lowest BCUT2D eigenvalue weighted by molar-refractivity contribution is -0.125. The highest BCUT2D eigenvalue weighted by atomic mass is 16.2. The lowest BCUT2D eigenvalue weighted by Gasteiger charge is -2.22. The fourth-order valence-electron chi connectivity index (χ4n) is 3.30. The van der Waals surface area contributed by atoms with Crippen molar-refractivity contribution in [3.8, 4) is 0 Å². The minimum atomic E-state index is 0.0963. The number of para-hydroxylation sites is 1. The van der Waals surface area contributed by atoms with Gasteiger partial charge in [0.25, 0.3) is 0 Å². The Morgan fingerprint density at radius 1 is 1.24 bits per heavy atom. The minimum absolute atomic E-state index is 0.0963. The van der Waals surface area contributed by atoms with E-state index in [4.69, 9.17) is 0 Å². The Morgan fingerprint density at radius 3 is 2.76 bits per heavy atom. The fourth-order valence-corrected chi connectivity index (χ4v) is 3.30. The van der Waals surface area contributed by atoms with Crippen molar-refractivity contribution in [3.05, 3.63) is 52.9 Å². The zero-order valence-corrected chi connectivity index (χ0v) is 13.0. The summed E-state index contributed by atoms with van der Waals surface area (Å²) in [4.78, 5) is 15.8. The molecule has 0 atom stereocenters. The summed E-state index contributed by atoms with van der Waals surface area (Å²) in [5.74, 6) is 0.0963.